The highest BCUT2D eigenvalue weighted by Crippen LogP contribution is 2.38. The van der Waals surface area contributed by atoms with E-state index in [9.17, 15) is 4.79 Å². The van der Waals surface area contributed by atoms with E-state index in [0.29, 0.717) is 24.0 Å². The quantitative estimate of drug-likeness (QED) is 0.737. The molecule has 1 saturated carbocycles. The molecule has 6 nitrogen and oxygen atoms in total. The maximum atomic E-state index is 12.0. The average Bonchev–Trinajstić information content (AvgIpc) is 3.23. The molecule has 2 aromatic heterocycles. The molecule has 130 valence electrons. The first kappa shape index (κ1) is 15.9. The number of rotatable bonds is 4. The lowest BCUT2D eigenvalue weighted by Gasteiger charge is -2.10. The van der Waals surface area contributed by atoms with Gasteiger partial charge in [0.25, 0.3) is 0 Å². The van der Waals surface area contributed by atoms with Crippen LogP contribution < -0.4 is 5.73 Å². The van der Waals surface area contributed by atoms with Crippen LogP contribution in [0.25, 0.3) is 21.9 Å². The van der Waals surface area contributed by atoms with Crippen molar-refractivity contribution in [3.63, 3.8) is 0 Å². The van der Waals surface area contributed by atoms with Crippen molar-refractivity contribution in [1.82, 2.24) is 14.5 Å². The molecule has 4 rings (SSSR count). The molecule has 0 radical (unpaired) electrons. The molecule has 2 heterocycles. The van der Waals surface area contributed by atoms with Gasteiger partial charge >= 0.3 is 5.97 Å². The summed E-state index contributed by atoms with van der Waals surface area (Å²) in [5, 5.41) is 1.84. The van der Waals surface area contributed by atoms with E-state index >= 15 is 0 Å². The maximum absolute atomic E-state index is 12.0. The Morgan fingerprint density at radius 1 is 1.32 bits per heavy atom. The van der Waals surface area contributed by atoms with E-state index in [1.54, 1.807) is 6.92 Å². The predicted molar refractivity (Wildman–Crippen MR) is 97.3 cm³/mol. The van der Waals surface area contributed by atoms with E-state index in [1.807, 2.05) is 4.57 Å². The Kier molecular flexibility index (Phi) is 4.03. The molecule has 0 amide bonds. The van der Waals surface area contributed by atoms with Gasteiger partial charge in [-0.2, -0.15) is 0 Å². The van der Waals surface area contributed by atoms with Gasteiger partial charge in [-0.1, -0.05) is 18.9 Å². The summed E-state index contributed by atoms with van der Waals surface area (Å²) in [6.07, 6.45) is 6.49. The summed E-state index contributed by atoms with van der Waals surface area (Å²) in [6, 6.07) is 6.45. The van der Waals surface area contributed by atoms with Crippen LogP contribution >= 0.6 is 0 Å². The molecule has 0 bridgehead atoms. The third kappa shape index (κ3) is 2.71. The van der Waals surface area contributed by atoms with Gasteiger partial charge in [0.05, 0.1) is 17.5 Å². The summed E-state index contributed by atoms with van der Waals surface area (Å²) >= 11 is 0. The minimum Gasteiger partial charge on any atom is -0.465 e. The Balaban J connectivity index is 1.90. The number of nitrogens with zero attached hydrogens (tertiary/aromatic N) is 3. The first-order chi connectivity index (χ1) is 12.2. The van der Waals surface area contributed by atoms with Gasteiger partial charge < -0.3 is 15.0 Å². The van der Waals surface area contributed by atoms with E-state index in [2.05, 4.69) is 28.2 Å². The molecule has 1 aliphatic rings. The average molecular weight is 338 g/mol. The monoisotopic (exact) mass is 338 g/mol. The highest BCUT2D eigenvalue weighted by Gasteiger charge is 2.21. The molecule has 2 N–H and O–H groups in total. The zero-order valence-corrected chi connectivity index (χ0v) is 14.4. The number of nitrogens with two attached hydrogens (primary N) is 1. The van der Waals surface area contributed by atoms with Crippen molar-refractivity contribution in [1.29, 1.82) is 0 Å². The SMILES string of the molecule is CCOC(=O)Cn1c2ccc(C3CCCC3)cc2c2c(N)ncnc21. The minimum atomic E-state index is -0.279. The fourth-order valence-corrected chi connectivity index (χ4v) is 3.96. The van der Waals surface area contributed by atoms with Crippen LogP contribution in [-0.4, -0.2) is 27.1 Å². The molecule has 1 aromatic carbocycles. The first-order valence-corrected chi connectivity index (χ1v) is 8.87. The Morgan fingerprint density at radius 3 is 2.88 bits per heavy atom. The second-order valence-electron chi connectivity index (χ2n) is 6.61. The van der Waals surface area contributed by atoms with E-state index in [0.717, 1.165) is 16.3 Å². The lowest BCUT2D eigenvalue weighted by molar-refractivity contribution is -0.143. The lowest BCUT2D eigenvalue weighted by Crippen LogP contribution is -2.13. The van der Waals surface area contributed by atoms with Crippen molar-refractivity contribution in [2.24, 2.45) is 0 Å². The maximum Gasteiger partial charge on any atom is 0.326 e. The summed E-state index contributed by atoms with van der Waals surface area (Å²) in [6.45, 7) is 2.28. The van der Waals surface area contributed by atoms with Crippen LogP contribution in [0.2, 0.25) is 0 Å². The second kappa shape index (κ2) is 6.35. The third-order valence-corrected chi connectivity index (χ3v) is 5.11. The van der Waals surface area contributed by atoms with Crippen molar-refractivity contribution in [3.8, 4) is 0 Å². The Bertz CT molecular complexity index is 941. The molecule has 0 spiro atoms. The molecular formula is C19H22N4O2. The standard InChI is InChI=1S/C19H22N4O2/c1-2-25-16(24)10-23-15-8-7-13(12-5-3-4-6-12)9-14(15)17-18(20)21-11-22-19(17)23/h7-9,11-12H,2-6,10H2,1H3,(H2,20,21,22). The van der Waals surface area contributed by atoms with E-state index in [-0.39, 0.29) is 12.5 Å². The van der Waals surface area contributed by atoms with E-state index < -0.39 is 0 Å². The fourth-order valence-electron chi connectivity index (χ4n) is 3.96. The molecule has 1 fully saturated rings. The summed E-state index contributed by atoms with van der Waals surface area (Å²) in [4.78, 5) is 20.6. The van der Waals surface area contributed by atoms with Gasteiger partial charge in [0.2, 0.25) is 0 Å². The molecule has 1 aliphatic carbocycles. The van der Waals surface area contributed by atoms with Crippen LogP contribution in [-0.2, 0) is 16.1 Å². The number of carbonyl (C=O) groups excluding carboxylic acids is 1. The van der Waals surface area contributed by atoms with Gasteiger partial charge in [-0.25, -0.2) is 9.97 Å². The number of nitrogen functional groups attached to an aromatic ring is 1. The van der Waals surface area contributed by atoms with E-state index in [4.69, 9.17) is 10.5 Å². The zero-order chi connectivity index (χ0) is 17.4. The van der Waals surface area contributed by atoms with E-state index in [1.165, 1.54) is 37.6 Å². The van der Waals surface area contributed by atoms with Gasteiger partial charge in [-0.15, -0.1) is 0 Å². The van der Waals surface area contributed by atoms with Gasteiger partial charge in [-0.3, -0.25) is 4.79 Å². The number of esters is 1. The van der Waals surface area contributed by atoms with Gasteiger partial charge in [-0.05, 0) is 43.4 Å². The van der Waals surface area contributed by atoms with Gasteiger partial charge in [0.15, 0.2) is 0 Å². The van der Waals surface area contributed by atoms with Crippen LogP contribution in [0, 0.1) is 0 Å². The smallest absolute Gasteiger partial charge is 0.326 e. The largest absolute Gasteiger partial charge is 0.465 e. The van der Waals surface area contributed by atoms with Crippen molar-refractivity contribution in [2.75, 3.05) is 12.3 Å². The number of anilines is 1. The topological polar surface area (TPSA) is 83.0 Å². The lowest BCUT2D eigenvalue weighted by atomic mass is 9.96. The molecule has 0 aliphatic heterocycles. The third-order valence-electron chi connectivity index (χ3n) is 5.11. The fraction of sp³-hybridized carbons (Fsp3) is 0.421. The Labute approximate surface area is 146 Å². The number of hydrogen-bond donors (Lipinski definition) is 1. The molecule has 0 unspecified atom stereocenters. The van der Waals surface area contributed by atoms with Crippen molar-refractivity contribution < 1.29 is 9.53 Å². The molecule has 25 heavy (non-hydrogen) atoms. The molecule has 0 saturated heterocycles. The number of ether oxygens (including phenoxy) is 1. The highest BCUT2D eigenvalue weighted by atomic mass is 16.5. The van der Waals surface area contributed by atoms with Crippen LogP contribution in [0.4, 0.5) is 5.82 Å². The highest BCUT2D eigenvalue weighted by molar-refractivity contribution is 6.11. The molecule has 6 heteroatoms. The summed E-state index contributed by atoms with van der Waals surface area (Å²) in [5.41, 5.74) is 9.11. The Morgan fingerprint density at radius 2 is 2.12 bits per heavy atom. The number of carbonyl (C=O) groups is 1. The van der Waals surface area contributed by atoms with Crippen molar-refractivity contribution in [3.05, 3.63) is 30.1 Å². The summed E-state index contributed by atoms with van der Waals surface area (Å²) < 4.78 is 6.99. The van der Waals surface area contributed by atoms with Crippen LogP contribution in [0.5, 0.6) is 0 Å². The summed E-state index contributed by atoms with van der Waals surface area (Å²) in [7, 11) is 0. The molecular weight excluding hydrogens is 316 g/mol. The predicted octanol–water partition coefficient (Wildman–Crippen LogP) is 3.39. The number of aromatic nitrogens is 3. The van der Waals surface area contributed by atoms with Crippen LogP contribution in [0.3, 0.4) is 0 Å². The van der Waals surface area contributed by atoms with Crippen LogP contribution in [0.1, 0.15) is 44.1 Å². The number of benzene rings is 1. The summed E-state index contributed by atoms with van der Waals surface area (Å²) in [5.74, 6) is 0.776. The number of fused-ring (bicyclic) bond motifs is 3. The van der Waals surface area contributed by atoms with Gasteiger partial charge in [0, 0.05) is 5.39 Å². The van der Waals surface area contributed by atoms with Crippen LogP contribution in [0.15, 0.2) is 24.5 Å². The number of hydrogen-bond acceptors (Lipinski definition) is 5. The van der Waals surface area contributed by atoms with Crippen molar-refractivity contribution in [2.45, 2.75) is 45.1 Å². The first-order valence-electron chi connectivity index (χ1n) is 8.87. The Hall–Kier alpha value is -2.63. The molecule has 0 atom stereocenters. The minimum absolute atomic E-state index is 0.118. The normalized spacial score (nSPS) is 15.2. The molecule has 3 aromatic rings. The second-order valence-corrected chi connectivity index (χ2v) is 6.61. The van der Waals surface area contributed by atoms with Gasteiger partial charge in [0.1, 0.15) is 24.3 Å². The zero-order valence-electron chi connectivity index (χ0n) is 14.4. The van der Waals surface area contributed by atoms with Crippen molar-refractivity contribution >= 4 is 33.7 Å².